The maximum absolute atomic E-state index is 13.2. The number of amides is 1. The van der Waals surface area contributed by atoms with E-state index in [1.807, 2.05) is 6.07 Å². The Kier molecular flexibility index (Phi) is 5.12. The van der Waals surface area contributed by atoms with E-state index < -0.39 is 12.0 Å². The van der Waals surface area contributed by atoms with Crippen LogP contribution in [0.15, 0.2) is 35.6 Å². The van der Waals surface area contributed by atoms with Gasteiger partial charge >= 0.3 is 6.18 Å². The van der Waals surface area contributed by atoms with Crippen molar-refractivity contribution in [2.45, 2.75) is 13.1 Å². The van der Waals surface area contributed by atoms with E-state index in [0.717, 1.165) is 7.05 Å². The zero-order valence-electron chi connectivity index (χ0n) is 13.2. The van der Waals surface area contributed by atoms with Crippen molar-refractivity contribution in [3.05, 3.63) is 41.9 Å². The van der Waals surface area contributed by atoms with Crippen molar-refractivity contribution in [1.29, 1.82) is 5.26 Å². The number of nitrogens with zero attached hydrogens (tertiary/aromatic N) is 5. The highest BCUT2D eigenvalue weighted by Gasteiger charge is 2.39. The van der Waals surface area contributed by atoms with Crippen LogP contribution >= 0.6 is 0 Å². The van der Waals surface area contributed by atoms with Crippen LogP contribution in [-0.2, 0) is 4.79 Å². The smallest absolute Gasteiger partial charge is 0.298 e. The molecule has 25 heavy (non-hydrogen) atoms. The normalized spacial score (nSPS) is 11.8. The van der Waals surface area contributed by atoms with Gasteiger partial charge in [0.15, 0.2) is 0 Å². The number of aliphatic imine (C=N–C) groups is 1. The quantitative estimate of drug-likeness (QED) is 0.485. The molecule has 2 heterocycles. The predicted octanol–water partition coefficient (Wildman–Crippen LogP) is 3.00. The summed E-state index contributed by atoms with van der Waals surface area (Å²) in [5.74, 6) is -1.36. The van der Waals surface area contributed by atoms with Gasteiger partial charge in [0.05, 0.1) is 11.4 Å². The second kappa shape index (κ2) is 7.09. The number of pyridine rings is 2. The number of hydrogen-bond acceptors (Lipinski definition) is 5. The molecule has 2 aromatic rings. The molecule has 0 atom stereocenters. The Morgan fingerprint density at radius 3 is 2.56 bits per heavy atom. The van der Waals surface area contributed by atoms with Gasteiger partial charge in [-0.2, -0.15) is 18.4 Å². The molecule has 128 valence electrons. The topological polar surface area (TPSA) is 82.2 Å². The van der Waals surface area contributed by atoms with E-state index in [2.05, 4.69) is 15.0 Å². The molecule has 0 aliphatic heterocycles. The lowest BCUT2D eigenvalue weighted by Crippen LogP contribution is -2.37. The summed E-state index contributed by atoms with van der Waals surface area (Å²) in [6.07, 6.45) is -2.03. The molecule has 1 amide bonds. The van der Waals surface area contributed by atoms with Gasteiger partial charge < -0.3 is 0 Å². The summed E-state index contributed by atoms with van der Waals surface area (Å²) in [6, 6.07) is 6.30. The molecule has 0 fully saturated rings. The van der Waals surface area contributed by atoms with E-state index in [0.29, 0.717) is 16.0 Å². The molecular formula is C16H12F3N5O. The Bertz CT molecular complexity index is 854. The van der Waals surface area contributed by atoms with Gasteiger partial charge in [-0.15, -0.1) is 0 Å². The van der Waals surface area contributed by atoms with Gasteiger partial charge in [0.2, 0.25) is 12.2 Å². The Morgan fingerprint density at radius 1 is 1.32 bits per heavy atom. The van der Waals surface area contributed by atoms with Crippen molar-refractivity contribution in [3.8, 4) is 17.3 Å². The fourth-order valence-corrected chi connectivity index (χ4v) is 2.00. The molecule has 0 aliphatic rings. The highest BCUT2D eigenvalue weighted by Crippen LogP contribution is 2.33. The van der Waals surface area contributed by atoms with Crippen LogP contribution in [0.3, 0.4) is 0 Å². The van der Waals surface area contributed by atoms with E-state index in [4.69, 9.17) is 5.26 Å². The number of aryl methyl sites for hydroxylation is 1. The lowest BCUT2D eigenvalue weighted by molar-refractivity contribution is -0.117. The third kappa shape index (κ3) is 3.98. The van der Waals surface area contributed by atoms with Crippen molar-refractivity contribution in [2.24, 2.45) is 4.99 Å². The monoisotopic (exact) mass is 347 g/mol. The van der Waals surface area contributed by atoms with Crippen LogP contribution in [0.4, 0.5) is 18.9 Å². The number of halogens is 3. The summed E-state index contributed by atoms with van der Waals surface area (Å²) in [6.45, 7) is 1.58. The number of carbonyl (C=O) groups is 1. The Hall–Kier alpha value is -3.28. The highest BCUT2D eigenvalue weighted by molar-refractivity contribution is 5.97. The number of aromatic nitrogens is 2. The fraction of sp³-hybridized carbons (Fsp3) is 0.188. The molecule has 6 nitrogen and oxygen atoms in total. The first-order valence-corrected chi connectivity index (χ1v) is 6.94. The third-order valence-corrected chi connectivity index (χ3v) is 3.24. The molecule has 0 aliphatic carbocycles. The molecule has 0 N–H and O–H groups in total. The van der Waals surface area contributed by atoms with Gasteiger partial charge in [-0.25, -0.2) is 9.98 Å². The van der Waals surface area contributed by atoms with Gasteiger partial charge in [-0.1, -0.05) is 0 Å². The Balaban J connectivity index is 2.66. The average molecular weight is 347 g/mol. The number of carbonyl (C=O) groups excluding carboxylic acids is 1. The van der Waals surface area contributed by atoms with Gasteiger partial charge in [-0.05, 0) is 30.7 Å². The van der Waals surface area contributed by atoms with Crippen LogP contribution < -0.4 is 0 Å². The molecule has 0 radical (unpaired) electrons. The van der Waals surface area contributed by atoms with Gasteiger partial charge in [0, 0.05) is 25.0 Å². The van der Waals surface area contributed by atoms with Crippen LogP contribution in [0.2, 0.25) is 0 Å². The molecule has 2 rings (SSSR count). The summed E-state index contributed by atoms with van der Waals surface area (Å²) in [4.78, 5) is 22.8. The maximum Gasteiger partial charge on any atom is 0.449 e. The summed E-state index contributed by atoms with van der Waals surface area (Å²) < 4.78 is 39.6. The number of amidine groups is 1. The molecule has 0 saturated carbocycles. The van der Waals surface area contributed by atoms with Gasteiger partial charge in [-0.3, -0.25) is 14.7 Å². The second-order valence-corrected chi connectivity index (χ2v) is 5.02. The van der Waals surface area contributed by atoms with Crippen molar-refractivity contribution >= 4 is 17.9 Å². The lowest BCUT2D eigenvalue weighted by atomic mass is 10.1. The van der Waals surface area contributed by atoms with Crippen LogP contribution in [0.5, 0.6) is 0 Å². The van der Waals surface area contributed by atoms with Crippen LogP contribution in [0.25, 0.3) is 11.3 Å². The maximum atomic E-state index is 13.2. The van der Waals surface area contributed by atoms with E-state index in [1.165, 1.54) is 30.6 Å². The molecule has 9 heteroatoms. The van der Waals surface area contributed by atoms with E-state index in [-0.39, 0.29) is 23.5 Å². The molecule has 0 spiro atoms. The number of nitriles is 1. The summed E-state index contributed by atoms with van der Waals surface area (Å²) in [7, 11) is 0.966. The third-order valence-electron chi connectivity index (χ3n) is 3.24. The summed E-state index contributed by atoms with van der Waals surface area (Å²) in [5.41, 5.74) is 1.14. The lowest BCUT2D eigenvalue weighted by Gasteiger charge is -2.18. The Labute approximate surface area is 141 Å². The molecule has 0 unspecified atom stereocenters. The van der Waals surface area contributed by atoms with E-state index in [1.54, 1.807) is 6.92 Å². The van der Waals surface area contributed by atoms with Crippen LogP contribution in [0, 0.1) is 18.3 Å². The van der Waals surface area contributed by atoms with Crippen molar-refractivity contribution in [2.75, 3.05) is 7.05 Å². The van der Waals surface area contributed by atoms with Crippen molar-refractivity contribution in [1.82, 2.24) is 14.9 Å². The van der Waals surface area contributed by atoms with Gasteiger partial charge in [0.25, 0.3) is 0 Å². The fourth-order valence-electron chi connectivity index (χ4n) is 2.00. The SMILES string of the molecule is Cc1ccnc(-c2ccc(C#N)nc2)c1N=C(N(C)C=O)C(F)(F)F. The Morgan fingerprint density at radius 2 is 2.04 bits per heavy atom. The second-order valence-electron chi connectivity index (χ2n) is 5.02. The highest BCUT2D eigenvalue weighted by atomic mass is 19.4. The minimum atomic E-state index is -4.82. The number of hydrogen-bond donors (Lipinski definition) is 0. The van der Waals surface area contributed by atoms with Crippen LogP contribution in [-0.4, -0.2) is 40.3 Å². The molecule has 0 saturated heterocycles. The first kappa shape index (κ1) is 18.1. The molecule has 0 aromatic carbocycles. The van der Waals surface area contributed by atoms with Gasteiger partial charge in [0.1, 0.15) is 11.8 Å². The standard InChI is InChI=1S/C16H12F3N5O/c1-10-5-6-21-14(11-3-4-12(7-20)22-8-11)13(10)23-15(16(17,18)19)24(2)9-25/h3-6,8-9H,1-2H3. The first-order valence-electron chi connectivity index (χ1n) is 6.94. The largest absolute Gasteiger partial charge is 0.449 e. The minimum absolute atomic E-state index is 0.0287. The molecule has 2 aromatic heterocycles. The minimum Gasteiger partial charge on any atom is -0.298 e. The predicted molar refractivity (Wildman–Crippen MR) is 83.9 cm³/mol. The zero-order chi connectivity index (χ0) is 18.6. The van der Waals surface area contributed by atoms with E-state index >= 15 is 0 Å². The van der Waals surface area contributed by atoms with E-state index in [9.17, 15) is 18.0 Å². The summed E-state index contributed by atoms with van der Waals surface area (Å²) in [5, 5.41) is 8.78. The van der Waals surface area contributed by atoms with Crippen LogP contribution in [0.1, 0.15) is 11.3 Å². The number of rotatable bonds is 3. The van der Waals surface area contributed by atoms with Crippen molar-refractivity contribution < 1.29 is 18.0 Å². The first-order chi connectivity index (χ1) is 11.8. The average Bonchev–Trinajstić information content (AvgIpc) is 2.59. The number of alkyl halides is 3. The zero-order valence-corrected chi connectivity index (χ0v) is 13.2. The molecule has 0 bridgehead atoms. The summed E-state index contributed by atoms with van der Waals surface area (Å²) >= 11 is 0. The van der Waals surface area contributed by atoms with Crippen molar-refractivity contribution in [3.63, 3.8) is 0 Å². The molecular weight excluding hydrogens is 335 g/mol.